The van der Waals surface area contributed by atoms with Crippen LogP contribution >= 0.6 is 0 Å². The Morgan fingerprint density at radius 2 is 1.65 bits per heavy atom. The van der Waals surface area contributed by atoms with Gasteiger partial charge < -0.3 is 14.8 Å². The molecule has 52 heavy (non-hydrogen) atoms. The zero-order valence-electron chi connectivity index (χ0n) is 29.8. The number of carbonyl (C=O) groups excluding carboxylic acids is 1. The van der Waals surface area contributed by atoms with Crippen LogP contribution in [0.5, 0.6) is 11.6 Å². The lowest BCUT2D eigenvalue weighted by Gasteiger charge is -2.38. The summed E-state index contributed by atoms with van der Waals surface area (Å²) in [5.74, 6) is 1.07. The lowest BCUT2D eigenvalue weighted by atomic mass is 9.80. The summed E-state index contributed by atoms with van der Waals surface area (Å²) in [6.45, 7) is 2.08. The third kappa shape index (κ3) is 5.38. The Labute approximate surface area is 300 Å². The van der Waals surface area contributed by atoms with E-state index in [-0.39, 0.29) is 45.5 Å². The minimum absolute atomic E-state index is 0.0736. The molecule has 8 rings (SSSR count). The van der Waals surface area contributed by atoms with Gasteiger partial charge in [0.2, 0.25) is 11.8 Å². The number of aromatic nitrogens is 6. The van der Waals surface area contributed by atoms with E-state index in [1.165, 1.54) is 11.1 Å². The number of ether oxygens (including phenoxy) is 2. The van der Waals surface area contributed by atoms with E-state index in [1.807, 2.05) is 28.8 Å². The third-order valence-corrected chi connectivity index (χ3v) is 12.4. The van der Waals surface area contributed by atoms with Crippen LogP contribution in [0.15, 0.2) is 76.7 Å². The van der Waals surface area contributed by atoms with Gasteiger partial charge in [0, 0.05) is 43.4 Å². The van der Waals surface area contributed by atoms with Crippen LogP contribution in [0, 0.1) is 5.92 Å². The van der Waals surface area contributed by atoms with Gasteiger partial charge in [0.25, 0.3) is 10.0 Å². The number of benzene rings is 2. The van der Waals surface area contributed by atoms with Crippen molar-refractivity contribution in [2.75, 3.05) is 14.2 Å². The molecule has 2 saturated carbocycles. The second-order valence-electron chi connectivity index (χ2n) is 14.2. The molecule has 0 saturated heterocycles. The minimum Gasteiger partial charge on any atom is -0.497 e. The van der Waals surface area contributed by atoms with Gasteiger partial charge in [-0.15, -0.1) is 5.10 Å². The molecule has 2 fully saturated rings. The van der Waals surface area contributed by atoms with Crippen LogP contribution in [-0.4, -0.2) is 62.0 Å². The summed E-state index contributed by atoms with van der Waals surface area (Å²) in [5.41, 5.74) is 2.71. The second kappa shape index (κ2) is 12.4. The first kappa shape index (κ1) is 33.8. The van der Waals surface area contributed by atoms with E-state index in [1.54, 1.807) is 73.2 Å². The maximum atomic E-state index is 14.9. The molecule has 0 aliphatic heterocycles. The number of nitrogens with zero attached hydrogens (tertiary/aromatic N) is 6. The van der Waals surface area contributed by atoms with Crippen molar-refractivity contribution in [2.24, 2.45) is 20.0 Å². The quantitative estimate of drug-likeness (QED) is 0.209. The summed E-state index contributed by atoms with van der Waals surface area (Å²) in [6.07, 6.45) is 7.86. The highest BCUT2D eigenvalue weighted by molar-refractivity contribution is 7.90. The molecule has 0 radical (unpaired) electrons. The molecule has 4 aromatic heterocycles. The molecule has 0 spiro atoms. The first-order valence-corrected chi connectivity index (χ1v) is 18.9. The number of pyridine rings is 1. The summed E-state index contributed by atoms with van der Waals surface area (Å²) < 4.78 is 47.3. The fourth-order valence-corrected chi connectivity index (χ4v) is 9.25. The summed E-state index contributed by atoms with van der Waals surface area (Å²) >= 11 is 0. The van der Waals surface area contributed by atoms with Gasteiger partial charge in [0.05, 0.1) is 53.0 Å². The Hall–Kier alpha value is -5.37. The van der Waals surface area contributed by atoms with Gasteiger partial charge in [-0.25, -0.2) is 22.2 Å². The summed E-state index contributed by atoms with van der Waals surface area (Å²) in [5, 5.41) is 8.31. The molecule has 2 aliphatic carbocycles. The highest BCUT2D eigenvalue weighted by Gasteiger charge is 2.40. The zero-order valence-corrected chi connectivity index (χ0v) is 30.6. The summed E-state index contributed by atoms with van der Waals surface area (Å²) in [4.78, 5) is 32.0. The fourth-order valence-electron chi connectivity index (χ4n) is 7.74. The molecule has 2 aliphatic rings. The number of amides is 1. The van der Waals surface area contributed by atoms with E-state index in [2.05, 4.69) is 17.3 Å². The molecule has 270 valence electrons. The van der Waals surface area contributed by atoms with E-state index in [9.17, 15) is 18.0 Å². The number of fused-ring (bicyclic) bond motifs is 3. The molecule has 6 aromatic rings. The van der Waals surface area contributed by atoms with Crippen molar-refractivity contribution in [1.29, 1.82) is 0 Å². The Kier molecular flexibility index (Phi) is 8.05. The predicted molar refractivity (Wildman–Crippen MR) is 197 cm³/mol. The number of carbonyl (C=O) groups is 1. The minimum atomic E-state index is -4.30. The topological polar surface area (TPSA) is 144 Å². The van der Waals surface area contributed by atoms with Crippen LogP contribution in [0.1, 0.15) is 51.5 Å². The van der Waals surface area contributed by atoms with Crippen molar-refractivity contribution in [3.8, 4) is 34.0 Å². The van der Waals surface area contributed by atoms with E-state index in [0.29, 0.717) is 70.2 Å². The van der Waals surface area contributed by atoms with Crippen LogP contribution in [0.4, 0.5) is 0 Å². The molecule has 2 aromatic carbocycles. The predicted octanol–water partition coefficient (Wildman–Crippen LogP) is 5.41. The summed E-state index contributed by atoms with van der Waals surface area (Å²) in [7, 11) is 2.24. The Morgan fingerprint density at radius 3 is 2.29 bits per heavy atom. The Bertz CT molecular complexity index is 2520. The van der Waals surface area contributed by atoms with E-state index >= 15 is 0 Å². The van der Waals surface area contributed by atoms with Crippen LogP contribution < -0.4 is 20.5 Å². The van der Waals surface area contributed by atoms with Crippen molar-refractivity contribution in [2.45, 2.75) is 61.9 Å². The first-order chi connectivity index (χ1) is 25.0. The van der Waals surface area contributed by atoms with Gasteiger partial charge in [-0.3, -0.25) is 18.6 Å². The van der Waals surface area contributed by atoms with Crippen LogP contribution in [0.2, 0.25) is 0 Å². The average molecular weight is 724 g/mol. The number of aryl methyl sites for hydroxylation is 2. The lowest BCUT2D eigenvalue weighted by molar-refractivity contribution is -0.124. The number of rotatable bonds is 9. The van der Waals surface area contributed by atoms with Gasteiger partial charge in [0.15, 0.2) is 5.65 Å². The van der Waals surface area contributed by atoms with Gasteiger partial charge in [0.1, 0.15) is 5.75 Å². The largest absolute Gasteiger partial charge is 0.497 e. The zero-order chi connectivity index (χ0) is 36.5. The molecule has 1 N–H and O–H groups in total. The van der Waals surface area contributed by atoms with Crippen molar-refractivity contribution < 1.29 is 22.7 Å². The van der Waals surface area contributed by atoms with Crippen molar-refractivity contribution >= 4 is 38.0 Å². The molecule has 0 bridgehead atoms. The molecule has 0 unspecified atom stereocenters. The van der Waals surface area contributed by atoms with E-state index < -0.39 is 10.0 Å². The molecule has 13 nitrogen and oxygen atoms in total. The van der Waals surface area contributed by atoms with Crippen LogP contribution in [-0.2, 0) is 28.9 Å². The smallest absolute Gasteiger partial charge is 0.329 e. The third-order valence-electron chi connectivity index (χ3n) is 10.7. The second-order valence-corrected chi connectivity index (χ2v) is 16.0. The number of imidazole rings is 1. The van der Waals surface area contributed by atoms with E-state index in [0.717, 1.165) is 12.8 Å². The van der Waals surface area contributed by atoms with Gasteiger partial charge >= 0.3 is 5.69 Å². The highest BCUT2D eigenvalue weighted by Crippen LogP contribution is 2.48. The molecular weight excluding hydrogens is 683 g/mol. The Balaban J connectivity index is 1.45. The molecular formula is C38H41N7O6S. The normalized spacial score (nSPS) is 19.3. The first-order valence-electron chi connectivity index (χ1n) is 17.4. The summed E-state index contributed by atoms with van der Waals surface area (Å²) in [6, 6.07) is 15.4. The SMILES string of the molecule is COc1ccc(-c2c(-c3cn(C)nc3OC)n(S(=O)(=O)c3ccccc3)c3ncc4c(c23)n(C2CCC(C)(NC(=O)C3CC3)CC2)c(=O)n4C)cc1. The number of hydrogen-bond donors (Lipinski definition) is 1. The van der Waals surface area contributed by atoms with Crippen LogP contribution in [0.3, 0.4) is 0 Å². The molecule has 1 amide bonds. The molecule has 0 atom stereocenters. The lowest BCUT2D eigenvalue weighted by Crippen LogP contribution is -2.49. The number of hydrogen-bond acceptors (Lipinski definition) is 8. The maximum Gasteiger partial charge on any atom is 0.329 e. The van der Waals surface area contributed by atoms with Crippen molar-refractivity contribution in [3.05, 3.63) is 77.5 Å². The monoisotopic (exact) mass is 723 g/mol. The van der Waals surface area contributed by atoms with E-state index in [4.69, 9.17) is 14.5 Å². The number of methoxy groups -OCH3 is 2. The average Bonchev–Trinajstić information content (AvgIpc) is 3.79. The number of nitrogens with one attached hydrogen (secondary N) is 1. The van der Waals surface area contributed by atoms with Crippen molar-refractivity contribution in [1.82, 2.24) is 33.2 Å². The molecule has 4 heterocycles. The van der Waals surface area contributed by atoms with Crippen LogP contribution in [0.25, 0.3) is 44.5 Å². The maximum absolute atomic E-state index is 14.9. The molecule has 14 heteroatoms. The van der Waals surface area contributed by atoms with Gasteiger partial charge in [-0.2, -0.15) is 0 Å². The van der Waals surface area contributed by atoms with Crippen molar-refractivity contribution in [3.63, 3.8) is 0 Å². The van der Waals surface area contributed by atoms with Gasteiger partial charge in [-0.05, 0) is 75.3 Å². The Morgan fingerprint density at radius 1 is 0.962 bits per heavy atom. The highest BCUT2D eigenvalue weighted by atomic mass is 32.2. The van der Waals surface area contributed by atoms with Gasteiger partial charge in [-0.1, -0.05) is 30.3 Å². The standard InChI is InChI=1S/C38H41N7O6S/c1-38(40-35(46)24-11-12-24)19-17-25(18-20-38)44-33-29(43(3)37(44)47)21-39-34-31(33)30(23-13-15-26(50-4)16-14-23)32(28-22-42(2)41-36(28)51-5)45(34)52(48,49)27-9-7-6-8-10-27/h6-10,13-16,21-22,24-25H,11-12,17-20H2,1-5H3,(H,40,46). The fraction of sp³-hybridized carbons (Fsp3) is 0.368.